The summed E-state index contributed by atoms with van der Waals surface area (Å²) in [5, 5.41) is 13.3. The van der Waals surface area contributed by atoms with Crippen molar-refractivity contribution in [2.45, 2.75) is 50.7 Å². The SMILES string of the molecule is CC(NC(=O)C1(O)CCSC1)C1CC2CCC1C2. The van der Waals surface area contributed by atoms with Gasteiger partial charge in [0.05, 0.1) is 0 Å². The van der Waals surface area contributed by atoms with Gasteiger partial charge in [-0.25, -0.2) is 0 Å². The van der Waals surface area contributed by atoms with Crippen LogP contribution >= 0.6 is 11.8 Å². The fraction of sp³-hybridized carbons (Fsp3) is 0.929. The van der Waals surface area contributed by atoms with Gasteiger partial charge in [-0.2, -0.15) is 11.8 Å². The van der Waals surface area contributed by atoms with Crippen LogP contribution in [-0.4, -0.2) is 34.2 Å². The van der Waals surface area contributed by atoms with Gasteiger partial charge in [-0.3, -0.25) is 4.79 Å². The first kappa shape index (κ1) is 12.8. The summed E-state index contributed by atoms with van der Waals surface area (Å²) >= 11 is 1.67. The van der Waals surface area contributed by atoms with Crippen LogP contribution in [0.5, 0.6) is 0 Å². The van der Waals surface area contributed by atoms with Crippen LogP contribution in [0.1, 0.15) is 39.0 Å². The van der Waals surface area contributed by atoms with E-state index >= 15 is 0 Å². The first-order chi connectivity index (χ1) is 8.58. The minimum absolute atomic E-state index is 0.136. The van der Waals surface area contributed by atoms with Crippen LogP contribution in [0.15, 0.2) is 0 Å². The molecule has 2 saturated carbocycles. The lowest BCUT2D eigenvalue weighted by molar-refractivity contribution is -0.138. The molecule has 1 heterocycles. The Labute approximate surface area is 113 Å². The van der Waals surface area contributed by atoms with Crippen molar-refractivity contribution < 1.29 is 9.90 Å². The third kappa shape index (κ3) is 2.18. The van der Waals surface area contributed by atoms with Gasteiger partial charge in [0.15, 0.2) is 5.60 Å². The second-order valence-corrected chi connectivity index (χ2v) is 7.54. The van der Waals surface area contributed by atoms with Crippen molar-refractivity contribution in [3.05, 3.63) is 0 Å². The predicted octanol–water partition coefficient (Wildman–Crippen LogP) is 1.80. The fourth-order valence-electron chi connectivity index (χ4n) is 4.09. The van der Waals surface area contributed by atoms with E-state index in [1.807, 2.05) is 0 Å². The van der Waals surface area contributed by atoms with Crippen LogP contribution in [0.2, 0.25) is 0 Å². The van der Waals surface area contributed by atoms with E-state index in [1.54, 1.807) is 11.8 Å². The molecule has 1 saturated heterocycles. The highest BCUT2D eigenvalue weighted by atomic mass is 32.2. The molecule has 0 aromatic heterocycles. The predicted molar refractivity (Wildman–Crippen MR) is 73.4 cm³/mol. The van der Waals surface area contributed by atoms with Gasteiger partial charge < -0.3 is 10.4 Å². The largest absolute Gasteiger partial charge is 0.379 e. The Morgan fingerprint density at radius 2 is 2.28 bits per heavy atom. The van der Waals surface area contributed by atoms with Gasteiger partial charge in [0.2, 0.25) is 0 Å². The number of carbonyl (C=O) groups is 1. The summed E-state index contributed by atoms with van der Waals surface area (Å²) in [6, 6.07) is 0.224. The van der Waals surface area contributed by atoms with Crippen LogP contribution in [0.3, 0.4) is 0 Å². The van der Waals surface area contributed by atoms with Crippen molar-refractivity contribution in [2.75, 3.05) is 11.5 Å². The number of rotatable bonds is 3. The zero-order chi connectivity index (χ0) is 12.8. The van der Waals surface area contributed by atoms with E-state index in [0.29, 0.717) is 18.1 Å². The quantitative estimate of drug-likeness (QED) is 0.821. The average Bonchev–Trinajstić information content (AvgIpc) is 3.04. The summed E-state index contributed by atoms with van der Waals surface area (Å²) in [6.07, 6.45) is 5.98. The topological polar surface area (TPSA) is 49.3 Å². The van der Waals surface area contributed by atoms with Crippen molar-refractivity contribution in [3.8, 4) is 0 Å². The number of amides is 1. The van der Waals surface area contributed by atoms with Gasteiger partial charge in [0.1, 0.15) is 0 Å². The van der Waals surface area contributed by atoms with Crippen LogP contribution < -0.4 is 5.32 Å². The Hall–Kier alpha value is -0.220. The third-order valence-corrected chi connectivity index (χ3v) is 6.39. The molecule has 102 valence electrons. The molecule has 2 bridgehead atoms. The van der Waals surface area contributed by atoms with E-state index in [0.717, 1.165) is 17.6 Å². The monoisotopic (exact) mass is 269 g/mol. The molecule has 5 atom stereocenters. The van der Waals surface area contributed by atoms with E-state index in [4.69, 9.17) is 0 Å². The maximum atomic E-state index is 12.2. The first-order valence-electron chi connectivity index (χ1n) is 7.19. The molecular formula is C14H23NO2S. The molecule has 0 aromatic carbocycles. The van der Waals surface area contributed by atoms with Crippen molar-refractivity contribution in [3.63, 3.8) is 0 Å². The van der Waals surface area contributed by atoms with Gasteiger partial charge in [-0.05, 0) is 56.1 Å². The summed E-state index contributed by atoms with van der Waals surface area (Å²) in [5.74, 6) is 3.69. The average molecular weight is 269 g/mol. The van der Waals surface area contributed by atoms with E-state index in [1.165, 1.54) is 25.7 Å². The van der Waals surface area contributed by atoms with Crippen LogP contribution in [0.25, 0.3) is 0 Å². The highest BCUT2D eigenvalue weighted by Crippen LogP contribution is 2.49. The first-order valence-corrected chi connectivity index (χ1v) is 8.35. The summed E-state index contributed by atoms with van der Waals surface area (Å²) in [6.45, 7) is 2.12. The molecule has 2 aliphatic carbocycles. The van der Waals surface area contributed by atoms with Gasteiger partial charge in [-0.15, -0.1) is 0 Å². The van der Waals surface area contributed by atoms with Crippen molar-refractivity contribution in [1.82, 2.24) is 5.32 Å². The second-order valence-electron chi connectivity index (χ2n) is 6.44. The Kier molecular flexibility index (Phi) is 3.35. The number of hydrogen-bond acceptors (Lipinski definition) is 3. The van der Waals surface area contributed by atoms with Gasteiger partial charge in [0.25, 0.3) is 5.91 Å². The van der Waals surface area contributed by atoms with Crippen molar-refractivity contribution in [2.24, 2.45) is 17.8 Å². The van der Waals surface area contributed by atoms with Gasteiger partial charge in [-0.1, -0.05) is 6.42 Å². The number of hydrogen-bond donors (Lipinski definition) is 2. The lowest BCUT2D eigenvalue weighted by Gasteiger charge is -2.31. The van der Waals surface area contributed by atoms with Gasteiger partial charge in [0, 0.05) is 11.8 Å². The molecule has 1 amide bonds. The lowest BCUT2D eigenvalue weighted by atomic mass is 9.83. The number of fused-ring (bicyclic) bond motifs is 2. The molecule has 18 heavy (non-hydrogen) atoms. The third-order valence-electron chi connectivity index (χ3n) is 5.22. The Balaban J connectivity index is 1.57. The van der Waals surface area contributed by atoms with Crippen LogP contribution in [-0.2, 0) is 4.79 Å². The second kappa shape index (κ2) is 4.71. The highest BCUT2D eigenvalue weighted by Gasteiger charge is 2.44. The van der Waals surface area contributed by atoms with E-state index in [2.05, 4.69) is 12.2 Å². The number of carbonyl (C=O) groups excluding carboxylic acids is 1. The molecule has 3 rings (SSSR count). The maximum Gasteiger partial charge on any atom is 0.253 e. The fourth-order valence-corrected chi connectivity index (χ4v) is 5.33. The summed E-state index contributed by atoms with van der Waals surface area (Å²) in [4.78, 5) is 12.2. The normalized spacial score (nSPS) is 44.2. The molecule has 3 aliphatic rings. The molecule has 0 radical (unpaired) electrons. The summed E-state index contributed by atoms with van der Waals surface area (Å²) in [5.41, 5.74) is -1.10. The van der Waals surface area contributed by atoms with Crippen molar-refractivity contribution >= 4 is 17.7 Å². The van der Waals surface area contributed by atoms with E-state index in [-0.39, 0.29) is 11.9 Å². The minimum atomic E-state index is -1.10. The molecule has 0 aromatic rings. The highest BCUT2D eigenvalue weighted by molar-refractivity contribution is 7.99. The smallest absolute Gasteiger partial charge is 0.253 e. The Bertz CT molecular complexity index is 341. The maximum absolute atomic E-state index is 12.2. The summed E-state index contributed by atoms with van der Waals surface area (Å²) < 4.78 is 0. The molecule has 3 nitrogen and oxygen atoms in total. The van der Waals surface area contributed by atoms with Crippen LogP contribution in [0, 0.1) is 17.8 Å². The molecule has 2 N–H and O–H groups in total. The zero-order valence-electron chi connectivity index (χ0n) is 11.0. The Morgan fingerprint density at radius 1 is 1.44 bits per heavy atom. The lowest BCUT2D eigenvalue weighted by Crippen LogP contribution is -2.52. The van der Waals surface area contributed by atoms with Crippen molar-refractivity contribution in [1.29, 1.82) is 0 Å². The Morgan fingerprint density at radius 3 is 2.83 bits per heavy atom. The number of nitrogens with one attached hydrogen (secondary N) is 1. The molecule has 4 heteroatoms. The van der Waals surface area contributed by atoms with Crippen LogP contribution in [0.4, 0.5) is 0 Å². The molecule has 1 aliphatic heterocycles. The molecule has 5 unspecified atom stereocenters. The molecular weight excluding hydrogens is 246 g/mol. The minimum Gasteiger partial charge on any atom is -0.379 e. The molecule has 3 fully saturated rings. The zero-order valence-corrected chi connectivity index (χ0v) is 11.8. The van der Waals surface area contributed by atoms with Gasteiger partial charge >= 0.3 is 0 Å². The summed E-state index contributed by atoms with van der Waals surface area (Å²) in [7, 11) is 0. The standard InChI is InChI=1S/C14H23NO2S/c1-9(12-7-10-2-3-11(12)6-10)15-13(16)14(17)4-5-18-8-14/h9-12,17H,2-8H2,1H3,(H,15,16). The van der Waals surface area contributed by atoms with E-state index in [9.17, 15) is 9.90 Å². The number of thioether (sulfide) groups is 1. The molecule has 0 spiro atoms. The van der Waals surface area contributed by atoms with E-state index < -0.39 is 5.60 Å². The number of aliphatic hydroxyl groups is 1.